The van der Waals surface area contributed by atoms with E-state index in [-0.39, 0.29) is 6.04 Å². The van der Waals surface area contributed by atoms with Gasteiger partial charge in [0.05, 0.1) is 6.07 Å². The molecule has 0 saturated carbocycles. The zero-order valence-corrected chi connectivity index (χ0v) is 9.46. The van der Waals surface area contributed by atoms with Gasteiger partial charge in [0.25, 0.3) is 0 Å². The number of nitriles is 1. The highest BCUT2D eigenvalue weighted by atomic mass is 14.9. The number of hydrogen-bond donors (Lipinski definition) is 1. The molecule has 0 aromatic heterocycles. The summed E-state index contributed by atoms with van der Waals surface area (Å²) in [6.45, 7) is 5.10. The van der Waals surface area contributed by atoms with Crippen LogP contribution in [0.25, 0.3) is 0 Å². The zero-order chi connectivity index (χ0) is 11.1. The second kappa shape index (κ2) is 6.21. The predicted octanol–water partition coefficient (Wildman–Crippen LogP) is 2.95. The average molecular weight is 202 g/mol. The van der Waals surface area contributed by atoms with Gasteiger partial charge in [0.15, 0.2) is 0 Å². The van der Waals surface area contributed by atoms with E-state index in [1.807, 2.05) is 25.1 Å². The molecule has 1 aromatic rings. The Hall–Kier alpha value is -1.33. The number of unbranched alkanes of at least 4 members (excludes halogenated alkanes) is 1. The first-order valence-electron chi connectivity index (χ1n) is 5.47. The Kier molecular flexibility index (Phi) is 4.86. The van der Waals surface area contributed by atoms with Crippen molar-refractivity contribution in [3.63, 3.8) is 0 Å². The first-order valence-corrected chi connectivity index (χ1v) is 5.47. The second-order valence-corrected chi connectivity index (χ2v) is 3.78. The number of nitrogens with one attached hydrogen (secondary N) is 1. The SMILES string of the molecule is CCCCNC(C#N)c1cccc(C)c1. The molecule has 0 fully saturated rings. The van der Waals surface area contributed by atoms with E-state index in [9.17, 15) is 0 Å². The predicted molar refractivity (Wildman–Crippen MR) is 62.4 cm³/mol. The highest BCUT2D eigenvalue weighted by Gasteiger charge is 2.08. The summed E-state index contributed by atoms with van der Waals surface area (Å²) in [5.41, 5.74) is 2.26. The van der Waals surface area contributed by atoms with E-state index in [2.05, 4.69) is 24.4 Å². The minimum absolute atomic E-state index is 0.170. The number of aryl methyl sites for hydroxylation is 1. The maximum absolute atomic E-state index is 9.06. The summed E-state index contributed by atoms with van der Waals surface area (Å²) >= 11 is 0. The Balaban J connectivity index is 2.63. The second-order valence-electron chi connectivity index (χ2n) is 3.78. The summed E-state index contributed by atoms with van der Waals surface area (Å²) in [5.74, 6) is 0. The Morgan fingerprint density at radius 2 is 2.27 bits per heavy atom. The molecule has 0 spiro atoms. The zero-order valence-electron chi connectivity index (χ0n) is 9.46. The van der Waals surface area contributed by atoms with Crippen molar-refractivity contribution < 1.29 is 0 Å². The van der Waals surface area contributed by atoms with Crippen LogP contribution < -0.4 is 5.32 Å². The monoisotopic (exact) mass is 202 g/mol. The Morgan fingerprint density at radius 3 is 2.87 bits per heavy atom. The van der Waals surface area contributed by atoms with Gasteiger partial charge in [0, 0.05) is 0 Å². The summed E-state index contributed by atoms with van der Waals surface area (Å²) in [4.78, 5) is 0. The third kappa shape index (κ3) is 3.73. The smallest absolute Gasteiger partial charge is 0.121 e. The highest BCUT2D eigenvalue weighted by Crippen LogP contribution is 2.13. The molecule has 0 radical (unpaired) electrons. The van der Waals surface area contributed by atoms with Crippen LogP contribution in [0.4, 0.5) is 0 Å². The Bertz CT molecular complexity index is 339. The fraction of sp³-hybridized carbons (Fsp3) is 0.462. The van der Waals surface area contributed by atoms with E-state index >= 15 is 0 Å². The molecule has 15 heavy (non-hydrogen) atoms. The minimum Gasteiger partial charge on any atom is -0.298 e. The molecular weight excluding hydrogens is 184 g/mol. The van der Waals surface area contributed by atoms with E-state index in [1.54, 1.807) is 0 Å². The van der Waals surface area contributed by atoms with Gasteiger partial charge in [-0.3, -0.25) is 5.32 Å². The number of nitrogens with zero attached hydrogens (tertiary/aromatic N) is 1. The molecule has 1 N–H and O–H groups in total. The maximum atomic E-state index is 9.06. The molecule has 1 rings (SSSR count). The van der Waals surface area contributed by atoms with Gasteiger partial charge in [-0.1, -0.05) is 43.2 Å². The van der Waals surface area contributed by atoms with E-state index in [0.29, 0.717) is 0 Å². The minimum atomic E-state index is -0.170. The van der Waals surface area contributed by atoms with Crippen molar-refractivity contribution in [1.82, 2.24) is 5.32 Å². The molecular formula is C13H18N2. The highest BCUT2D eigenvalue weighted by molar-refractivity contribution is 5.28. The van der Waals surface area contributed by atoms with Gasteiger partial charge in [-0.15, -0.1) is 0 Å². The lowest BCUT2D eigenvalue weighted by Gasteiger charge is -2.11. The van der Waals surface area contributed by atoms with Crippen molar-refractivity contribution in [3.05, 3.63) is 35.4 Å². The Labute approximate surface area is 91.9 Å². The van der Waals surface area contributed by atoms with Gasteiger partial charge in [0.1, 0.15) is 6.04 Å². The lowest BCUT2D eigenvalue weighted by molar-refractivity contribution is 0.597. The molecule has 0 saturated heterocycles. The lowest BCUT2D eigenvalue weighted by Crippen LogP contribution is -2.21. The summed E-state index contributed by atoms with van der Waals surface area (Å²) < 4.78 is 0. The van der Waals surface area contributed by atoms with Gasteiger partial charge < -0.3 is 0 Å². The molecule has 2 nitrogen and oxygen atoms in total. The van der Waals surface area contributed by atoms with E-state index in [0.717, 1.165) is 24.9 Å². The number of rotatable bonds is 5. The molecule has 0 aliphatic rings. The topological polar surface area (TPSA) is 35.8 Å². The van der Waals surface area contributed by atoms with Crippen LogP contribution in [-0.4, -0.2) is 6.54 Å². The number of hydrogen-bond acceptors (Lipinski definition) is 2. The van der Waals surface area contributed by atoms with Crippen LogP contribution in [0.1, 0.15) is 36.9 Å². The quantitative estimate of drug-likeness (QED) is 0.745. The number of benzene rings is 1. The lowest BCUT2D eigenvalue weighted by atomic mass is 10.1. The normalized spacial score (nSPS) is 12.1. The van der Waals surface area contributed by atoms with Crippen molar-refractivity contribution in [3.8, 4) is 6.07 Å². The summed E-state index contributed by atoms with van der Waals surface area (Å²) in [7, 11) is 0. The first-order chi connectivity index (χ1) is 7.27. The van der Waals surface area contributed by atoms with Gasteiger partial charge in [-0.05, 0) is 25.5 Å². The Morgan fingerprint density at radius 1 is 1.47 bits per heavy atom. The standard InChI is InChI=1S/C13H18N2/c1-3-4-8-15-13(10-14)12-7-5-6-11(2)9-12/h5-7,9,13,15H,3-4,8H2,1-2H3. The summed E-state index contributed by atoms with van der Waals surface area (Å²) in [6, 6.07) is 10.2. The van der Waals surface area contributed by atoms with Gasteiger partial charge >= 0.3 is 0 Å². The fourth-order valence-corrected chi connectivity index (χ4v) is 1.51. The van der Waals surface area contributed by atoms with Crippen LogP contribution in [0.15, 0.2) is 24.3 Å². The van der Waals surface area contributed by atoms with E-state index < -0.39 is 0 Å². The third-order valence-electron chi connectivity index (χ3n) is 2.38. The molecule has 0 bridgehead atoms. The van der Waals surface area contributed by atoms with Gasteiger partial charge in [0.2, 0.25) is 0 Å². The first kappa shape index (κ1) is 11.7. The molecule has 0 amide bonds. The summed E-state index contributed by atoms with van der Waals surface area (Å²) in [6.07, 6.45) is 2.27. The van der Waals surface area contributed by atoms with Crippen LogP contribution in [0.5, 0.6) is 0 Å². The van der Waals surface area contributed by atoms with Crippen molar-refractivity contribution in [2.45, 2.75) is 32.7 Å². The molecule has 1 unspecified atom stereocenters. The van der Waals surface area contributed by atoms with Gasteiger partial charge in [-0.25, -0.2) is 0 Å². The van der Waals surface area contributed by atoms with Crippen molar-refractivity contribution in [2.75, 3.05) is 6.54 Å². The molecule has 80 valence electrons. The maximum Gasteiger partial charge on any atom is 0.121 e. The van der Waals surface area contributed by atoms with Crippen molar-refractivity contribution in [1.29, 1.82) is 5.26 Å². The molecule has 0 aliphatic heterocycles. The average Bonchev–Trinajstić information content (AvgIpc) is 2.24. The summed E-state index contributed by atoms with van der Waals surface area (Å²) in [5, 5.41) is 12.3. The largest absolute Gasteiger partial charge is 0.298 e. The van der Waals surface area contributed by atoms with Crippen LogP contribution in [-0.2, 0) is 0 Å². The van der Waals surface area contributed by atoms with Crippen molar-refractivity contribution in [2.24, 2.45) is 0 Å². The molecule has 2 heteroatoms. The molecule has 0 aliphatic carbocycles. The van der Waals surface area contributed by atoms with Crippen molar-refractivity contribution >= 4 is 0 Å². The third-order valence-corrected chi connectivity index (χ3v) is 2.38. The molecule has 1 aromatic carbocycles. The van der Waals surface area contributed by atoms with Crippen LogP contribution >= 0.6 is 0 Å². The van der Waals surface area contributed by atoms with Crippen LogP contribution in [0, 0.1) is 18.3 Å². The molecule has 1 atom stereocenters. The fourth-order valence-electron chi connectivity index (χ4n) is 1.51. The van der Waals surface area contributed by atoms with E-state index in [4.69, 9.17) is 5.26 Å². The van der Waals surface area contributed by atoms with Crippen LogP contribution in [0.2, 0.25) is 0 Å². The van der Waals surface area contributed by atoms with Crippen LogP contribution in [0.3, 0.4) is 0 Å². The molecule has 0 heterocycles. The van der Waals surface area contributed by atoms with E-state index in [1.165, 1.54) is 5.56 Å². The van der Waals surface area contributed by atoms with Gasteiger partial charge in [-0.2, -0.15) is 5.26 Å².